The van der Waals surface area contributed by atoms with Gasteiger partial charge < -0.3 is 15.5 Å². The van der Waals surface area contributed by atoms with Crippen molar-refractivity contribution in [3.05, 3.63) is 29.8 Å². The molecule has 0 bridgehead atoms. The molecule has 1 atom stereocenters. The fraction of sp³-hybridized carbons (Fsp3) is 0.438. The number of anilines is 1. The molecule has 0 heterocycles. The molecule has 2 N–H and O–H groups in total. The Hall–Kier alpha value is -2.37. The number of hydrogen-bond donors (Lipinski definition) is 2. The van der Waals surface area contributed by atoms with Crippen LogP contribution in [-0.4, -0.2) is 41.8 Å². The molecule has 120 valence electrons. The van der Waals surface area contributed by atoms with Gasteiger partial charge in [0.1, 0.15) is 6.04 Å². The molecular weight excluding hydrogens is 282 g/mol. The molecule has 6 nitrogen and oxygen atoms in total. The number of carbonyl (C=O) groups is 3. The number of nitrogens with one attached hydrogen (secondary N) is 2. The lowest BCUT2D eigenvalue weighted by Gasteiger charge is -2.18. The molecular formula is C16H23N3O3. The second kappa shape index (κ2) is 8.17. The third-order valence-electron chi connectivity index (χ3n) is 3.26. The van der Waals surface area contributed by atoms with Crippen LogP contribution in [0.4, 0.5) is 5.69 Å². The molecule has 0 radical (unpaired) electrons. The average Bonchev–Trinajstić information content (AvgIpc) is 2.48. The van der Waals surface area contributed by atoms with Crippen molar-refractivity contribution >= 4 is 23.4 Å². The smallest absolute Gasteiger partial charge is 0.253 e. The van der Waals surface area contributed by atoms with Crippen LogP contribution in [0.5, 0.6) is 0 Å². The molecule has 0 spiro atoms. The van der Waals surface area contributed by atoms with Gasteiger partial charge in [0.25, 0.3) is 5.91 Å². The van der Waals surface area contributed by atoms with E-state index in [1.165, 1.54) is 6.92 Å². The normalized spacial score (nSPS) is 11.5. The van der Waals surface area contributed by atoms with Crippen LogP contribution in [-0.2, 0) is 9.59 Å². The van der Waals surface area contributed by atoms with E-state index in [0.29, 0.717) is 24.3 Å². The van der Waals surface area contributed by atoms with Gasteiger partial charge in [-0.25, -0.2) is 0 Å². The quantitative estimate of drug-likeness (QED) is 0.838. The molecule has 1 rings (SSSR count). The molecule has 0 saturated heterocycles. The predicted octanol–water partition coefficient (Wildman–Crippen LogP) is 1.63. The lowest BCUT2D eigenvalue weighted by atomic mass is 10.1. The van der Waals surface area contributed by atoms with Crippen LogP contribution in [0, 0.1) is 0 Å². The Morgan fingerprint density at radius 2 is 1.64 bits per heavy atom. The van der Waals surface area contributed by atoms with Crippen molar-refractivity contribution in [2.24, 2.45) is 0 Å². The fourth-order valence-electron chi connectivity index (χ4n) is 2.01. The van der Waals surface area contributed by atoms with Crippen molar-refractivity contribution in [2.75, 3.05) is 18.4 Å². The van der Waals surface area contributed by atoms with Gasteiger partial charge in [-0.1, -0.05) is 0 Å². The maximum absolute atomic E-state index is 12.2. The zero-order chi connectivity index (χ0) is 16.7. The van der Waals surface area contributed by atoms with Gasteiger partial charge in [-0.05, 0) is 45.0 Å². The predicted molar refractivity (Wildman–Crippen MR) is 85.6 cm³/mol. The number of rotatable bonds is 6. The van der Waals surface area contributed by atoms with Gasteiger partial charge in [-0.15, -0.1) is 0 Å². The third-order valence-corrected chi connectivity index (χ3v) is 3.26. The SMILES string of the molecule is CCN(CC)C(=O)c1ccc(NC(=O)C(C)NC(C)=O)cc1. The first kappa shape index (κ1) is 17.7. The van der Waals surface area contributed by atoms with Gasteiger partial charge >= 0.3 is 0 Å². The molecule has 1 unspecified atom stereocenters. The van der Waals surface area contributed by atoms with Crippen molar-refractivity contribution in [3.63, 3.8) is 0 Å². The minimum atomic E-state index is -0.616. The minimum absolute atomic E-state index is 0.0329. The number of benzene rings is 1. The van der Waals surface area contributed by atoms with E-state index in [2.05, 4.69) is 10.6 Å². The molecule has 3 amide bonds. The molecule has 0 saturated carbocycles. The molecule has 0 aromatic heterocycles. The number of nitrogens with zero attached hydrogens (tertiary/aromatic N) is 1. The van der Waals surface area contributed by atoms with Crippen LogP contribution in [0.15, 0.2) is 24.3 Å². The Morgan fingerprint density at radius 3 is 2.09 bits per heavy atom. The summed E-state index contributed by atoms with van der Waals surface area (Å²) in [5, 5.41) is 5.20. The second-order valence-corrected chi connectivity index (χ2v) is 4.97. The van der Waals surface area contributed by atoms with Crippen molar-refractivity contribution in [3.8, 4) is 0 Å². The highest BCUT2D eigenvalue weighted by molar-refractivity contribution is 5.98. The summed E-state index contributed by atoms with van der Waals surface area (Å²) < 4.78 is 0. The third kappa shape index (κ3) is 4.87. The molecule has 1 aromatic rings. The summed E-state index contributed by atoms with van der Waals surface area (Å²) in [7, 11) is 0. The van der Waals surface area contributed by atoms with Crippen LogP contribution in [0.2, 0.25) is 0 Å². The van der Waals surface area contributed by atoms with Crippen LogP contribution in [0.3, 0.4) is 0 Å². The van der Waals surface area contributed by atoms with Crippen LogP contribution in [0.25, 0.3) is 0 Å². The Kier molecular flexibility index (Phi) is 6.56. The highest BCUT2D eigenvalue weighted by Gasteiger charge is 2.15. The van der Waals surface area contributed by atoms with E-state index < -0.39 is 6.04 Å². The average molecular weight is 305 g/mol. The molecule has 0 aliphatic rings. The Labute approximate surface area is 130 Å². The zero-order valence-corrected chi connectivity index (χ0v) is 13.5. The van der Waals surface area contributed by atoms with Gasteiger partial charge in [0.2, 0.25) is 11.8 Å². The van der Waals surface area contributed by atoms with E-state index in [-0.39, 0.29) is 17.7 Å². The van der Waals surface area contributed by atoms with E-state index in [0.717, 1.165) is 0 Å². The standard InChI is InChI=1S/C16H23N3O3/c1-5-19(6-2)16(22)13-7-9-14(10-8-13)18-15(21)11(3)17-12(4)20/h7-11H,5-6H2,1-4H3,(H,17,20)(H,18,21). The van der Waals surface area contributed by atoms with Crippen molar-refractivity contribution in [1.82, 2.24) is 10.2 Å². The summed E-state index contributed by atoms with van der Waals surface area (Å²) in [4.78, 5) is 36.7. The summed E-state index contributed by atoms with van der Waals surface area (Å²) in [6.07, 6.45) is 0. The maximum Gasteiger partial charge on any atom is 0.253 e. The molecule has 22 heavy (non-hydrogen) atoms. The highest BCUT2D eigenvalue weighted by Crippen LogP contribution is 2.12. The van der Waals surface area contributed by atoms with E-state index in [1.807, 2.05) is 13.8 Å². The van der Waals surface area contributed by atoms with E-state index in [1.54, 1.807) is 36.1 Å². The van der Waals surface area contributed by atoms with Gasteiger partial charge in [0, 0.05) is 31.3 Å². The van der Waals surface area contributed by atoms with Crippen molar-refractivity contribution < 1.29 is 14.4 Å². The molecule has 0 aliphatic carbocycles. The summed E-state index contributed by atoms with van der Waals surface area (Å²) >= 11 is 0. The Morgan fingerprint density at radius 1 is 1.09 bits per heavy atom. The number of hydrogen-bond acceptors (Lipinski definition) is 3. The Bertz CT molecular complexity index is 536. The highest BCUT2D eigenvalue weighted by atomic mass is 16.2. The van der Waals surface area contributed by atoms with E-state index in [9.17, 15) is 14.4 Å². The van der Waals surface area contributed by atoms with Gasteiger partial charge in [-0.3, -0.25) is 14.4 Å². The summed E-state index contributed by atoms with van der Waals surface area (Å²) in [6.45, 7) is 8.13. The lowest BCUT2D eigenvalue weighted by Crippen LogP contribution is -2.40. The number of amides is 3. The van der Waals surface area contributed by atoms with Crippen LogP contribution < -0.4 is 10.6 Å². The van der Waals surface area contributed by atoms with E-state index in [4.69, 9.17) is 0 Å². The van der Waals surface area contributed by atoms with Crippen molar-refractivity contribution in [2.45, 2.75) is 33.7 Å². The topological polar surface area (TPSA) is 78.5 Å². The monoisotopic (exact) mass is 305 g/mol. The molecule has 6 heteroatoms. The summed E-state index contributed by atoms with van der Waals surface area (Å²) in [5.41, 5.74) is 1.16. The van der Waals surface area contributed by atoms with E-state index >= 15 is 0 Å². The van der Waals surface area contributed by atoms with Gasteiger partial charge in [0.15, 0.2) is 0 Å². The maximum atomic E-state index is 12.2. The molecule has 1 aromatic carbocycles. The zero-order valence-electron chi connectivity index (χ0n) is 13.5. The molecule has 0 aliphatic heterocycles. The lowest BCUT2D eigenvalue weighted by molar-refractivity contribution is -0.124. The largest absolute Gasteiger partial charge is 0.345 e. The summed E-state index contributed by atoms with van der Waals surface area (Å²) in [6, 6.07) is 6.10. The Balaban J connectivity index is 2.71. The van der Waals surface area contributed by atoms with Gasteiger partial charge in [-0.2, -0.15) is 0 Å². The molecule has 0 fully saturated rings. The first-order valence-electron chi connectivity index (χ1n) is 7.36. The van der Waals surface area contributed by atoms with Crippen molar-refractivity contribution in [1.29, 1.82) is 0 Å². The van der Waals surface area contributed by atoms with Gasteiger partial charge in [0.05, 0.1) is 0 Å². The van der Waals surface area contributed by atoms with Crippen LogP contribution >= 0.6 is 0 Å². The first-order valence-corrected chi connectivity index (χ1v) is 7.36. The fourth-order valence-corrected chi connectivity index (χ4v) is 2.01. The summed E-state index contributed by atoms with van der Waals surface area (Å²) in [5.74, 6) is -0.602. The minimum Gasteiger partial charge on any atom is -0.345 e. The first-order chi connectivity index (χ1) is 10.4. The number of carbonyl (C=O) groups excluding carboxylic acids is 3. The second-order valence-electron chi connectivity index (χ2n) is 4.97. The van der Waals surface area contributed by atoms with Crippen LogP contribution in [0.1, 0.15) is 38.1 Å².